The summed E-state index contributed by atoms with van der Waals surface area (Å²) in [5.41, 5.74) is 1.33. The fourth-order valence-electron chi connectivity index (χ4n) is 2.76. The van der Waals surface area contributed by atoms with E-state index in [0.717, 1.165) is 18.3 Å². The van der Waals surface area contributed by atoms with Crippen LogP contribution in [0.15, 0.2) is 77.9 Å². The first-order chi connectivity index (χ1) is 16.7. The molecule has 11 heteroatoms. The molecule has 0 saturated carbocycles. The molecule has 3 aromatic carbocycles. The Hall–Kier alpha value is -4.67. The van der Waals surface area contributed by atoms with Crippen molar-refractivity contribution in [3.05, 3.63) is 89.5 Å². The highest BCUT2D eigenvalue weighted by molar-refractivity contribution is 6.39. The van der Waals surface area contributed by atoms with Gasteiger partial charge in [0.15, 0.2) is 0 Å². The summed E-state index contributed by atoms with van der Waals surface area (Å²) in [6.07, 6.45) is -3.46. The van der Waals surface area contributed by atoms with Gasteiger partial charge in [0.1, 0.15) is 11.5 Å². The molecule has 3 aromatic rings. The Morgan fingerprint density at radius 3 is 2.40 bits per heavy atom. The Balaban J connectivity index is 1.63. The van der Waals surface area contributed by atoms with Crippen LogP contribution in [0.5, 0.6) is 11.5 Å². The second-order valence-electron chi connectivity index (χ2n) is 6.89. The highest BCUT2D eigenvalue weighted by Crippen LogP contribution is 2.30. The van der Waals surface area contributed by atoms with E-state index in [1.165, 1.54) is 25.3 Å². The Morgan fingerprint density at radius 1 is 0.914 bits per heavy atom. The molecule has 0 fully saturated rings. The van der Waals surface area contributed by atoms with Crippen LogP contribution < -0.4 is 20.2 Å². The quantitative estimate of drug-likeness (QED) is 0.180. The van der Waals surface area contributed by atoms with Gasteiger partial charge in [-0.1, -0.05) is 24.3 Å². The van der Waals surface area contributed by atoms with Gasteiger partial charge >= 0.3 is 24.0 Å². The summed E-state index contributed by atoms with van der Waals surface area (Å²) in [5, 5.41) is 5.72. The van der Waals surface area contributed by atoms with Crippen molar-refractivity contribution in [2.75, 3.05) is 12.4 Å². The van der Waals surface area contributed by atoms with Gasteiger partial charge in [-0.3, -0.25) is 9.59 Å². The monoisotopic (exact) mass is 485 g/mol. The predicted molar refractivity (Wildman–Crippen MR) is 120 cm³/mol. The maximum atomic E-state index is 12.8. The Labute approximate surface area is 197 Å². The molecule has 0 saturated heterocycles. The largest absolute Gasteiger partial charge is 0.497 e. The van der Waals surface area contributed by atoms with E-state index in [1.54, 1.807) is 36.4 Å². The minimum absolute atomic E-state index is 0.131. The first-order valence-electron chi connectivity index (χ1n) is 9.94. The molecule has 0 aliphatic rings. The molecular formula is C24H18F3N3O5. The summed E-state index contributed by atoms with van der Waals surface area (Å²) < 4.78 is 48.8. The molecule has 0 radical (unpaired) electrons. The van der Waals surface area contributed by atoms with Crippen LogP contribution in [0.4, 0.5) is 18.9 Å². The third-order valence-electron chi connectivity index (χ3n) is 4.45. The number of carbonyl (C=O) groups is 3. The maximum Gasteiger partial charge on any atom is 0.416 e. The van der Waals surface area contributed by atoms with Crippen molar-refractivity contribution in [3.63, 3.8) is 0 Å². The maximum absolute atomic E-state index is 12.8. The number of rotatable bonds is 6. The fourth-order valence-corrected chi connectivity index (χ4v) is 2.76. The molecule has 3 rings (SSSR count). The van der Waals surface area contributed by atoms with Crippen LogP contribution in [0.2, 0.25) is 0 Å². The van der Waals surface area contributed by atoms with E-state index < -0.39 is 29.5 Å². The normalized spacial score (nSPS) is 11.1. The number of methoxy groups -OCH3 is 1. The van der Waals surface area contributed by atoms with E-state index in [0.29, 0.717) is 17.4 Å². The average molecular weight is 485 g/mol. The molecule has 0 spiro atoms. The number of halogens is 3. The van der Waals surface area contributed by atoms with E-state index >= 15 is 0 Å². The zero-order chi connectivity index (χ0) is 25.4. The number of para-hydroxylation sites is 1. The Kier molecular flexibility index (Phi) is 7.82. The van der Waals surface area contributed by atoms with Gasteiger partial charge in [-0.2, -0.15) is 18.3 Å². The Bertz CT molecular complexity index is 1280. The van der Waals surface area contributed by atoms with Crippen molar-refractivity contribution in [2.24, 2.45) is 5.10 Å². The minimum Gasteiger partial charge on any atom is -0.497 e. The molecule has 2 amide bonds. The van der Waals surface area contributed by atoms with Crippen molar-refractivity contribution in [1.29, 1.82) is 0 Å². The lowest BCUT2D eigenvalue weighted by molar-refractivity contribution is -0.137. The number of carbonyl (C=O) groups excluding carboxylic acids is 3. The summed E-state index contributed by atoms with van der Waals surface area (Å²) in [6, 6.07) is 16.5. The molecule has 0 aliphatic heterocycles. The first-order valence-corrected chi connectivity index (χ1v) is 9.94. The Morgan fingerprint density at radius 2 is 1.66 bits per heavy atom. The SMILES string of the molecule is COc1cccc(C(=O)Oc2ccccc2C=NNC(=O)C(=O)Nc2cccc(C(F)(F)F)c2)c1. The standard InChI is InChI=1S/C24H18F3N3O5/c1-34-19-10-4-7-15(12-19)23(33)35-20-11-3-2-6-16(20)14-28-30-22(32)21(31)29-18-9-5-8-17(13-18)24(25,26)27/h2-14H,1H3,(H,29,31)(H,30,32). The average Bonchev–Trinajstić information content (AvgIpc) is 2.84. The lowest BCUT2D eigenvalue weighted by Crippen LogP contribution is -2.32. The van der Waals surface area contributed by atoms with Gasteiger partial charge in [-0.25, -0.2) is 10.2 Å². The summed E-state index contributed by atoms with van der Waals surface area (Å²) in [7, 11) is 1.46. The molecular weight excluding hydrogens is 467 g/mol. The number of ether oxygens (including phenoxy) is 2. The third kappa shape index (κ3) is 6.90. The molecule has 180 valence electrons. The van der Waals surface area contributed by atoms with Crippen molar-refractivity contribution < 1.29 is 37.0 Å². The summed E-state index contributed by atoms with van der Waals surface area (Å²) >= 11 is 0. The topological polar surface area (TPSA) is 106 Å². The minimum atomic E-state index is -4.60. The lowest BCUT2D eigenvalue weighted by Gasteiger charge is -2.09. The number of amides is 2. The van der Waals surface area contributed by atoms with Crippen LogP contribution >= 0.6 is 0 Å². The van der Waals surface area contributed by atoms with E-state index in [-0.39, 0.29) is 17.0 Å². The van der Waals surface area contributed by atoms with Gasteiger partial charge in [-0.05, 0) is 48.5 Å². The van der Waals surface area contributed by atoms with Crippen LogP contribution in [-0.4, -0.2) is 31.1 Å². The smallest absolute Gasteiger partial charge is 0.416 e. The molecule has 0 atom stereocenters. The molecule has 2 N–H and O–H groups in total. The second-order valence-corrected chi connectivity index (χ2v) is 6.89. The number of benzene rings is 3. The number of nitrogens with one attached hydrogen (secondary N) is 2. The number of hydrazone groups is 1. The van der Waals surface area contributed by atoms with E-state index in [9.17, 15) is 27.6 Å². The van der Waals surface area contributed by atoms with E-state index in [1.807, 2.05) is 5.43 Å². The second kappa shape index (κ2) is 11.0. The van der Waals surface area contributed by atoms with Crippen LogP contribution in [0.25, 0.3) is 0 Å². The van der Waals surface area contributed by atoms with Crippen molar-refractivity contribution in [1.82, 2.24) is 5.43 Å². The van der Waals surface area contributed by atoms with E-state index in [4.69, 9.17) is 9.47 Å². The molecule has 35 heavy (non-hydrogen) atoms. The highest BCUT2D eigenvalue weighted by Gasteiger charge is 2.30. The van der Waals surface area contributed by atoms with Gasteiger partial charge in [0.2, 0.25) is 0 Å². The zero-order valence-electron chi connectivity index (χ0n) is 18.1. The van der Waals surface area contributed by atoms with Gasteiger partial charge in [0, 0.05) is 11.3 Å². The lowest BCUT2D eigenvalue weighted by atomic mass is 10.2. The van der Waals surface area contributed by atoms with Crippen molar-refractivity contribution in [2.45, 2.75) is 6.18 Å². The summed E-state index contributed by atoms with van der Waals surface area (Å²) in [5.74, 6) is -2.50. The number of hydrogen-bond acceptors (Lipinski definition) is 6. The first kappa shape index (κ1) is 25.0. The number of alkyl halides is 3. The van der Waals surface area contributed by atoms with Gasteiger partial charge in [0.05, 0.1) is 24.5 Å². The molecule has 0 unspecified atom stereocenters. The molecule has 0 bridgehead atoms. The number of nitrogens with zero attached hydrogens (tertiary/aromatic N) is 1. The third-order valence-corrected chi connectivity index (χ3v) is 4.45. The van der Waals surface area contributed by atoms with Gasteiger partial charge < -0.3 is 14.8 Å². The van der Waals surface area contributed by atoms with Gasteiger partial charge in [-0.15, -0.1) is 0 Å². The van der Waals surface area contributed by atoms with Crippen LogP contribution in [-0.2, 0) is 15.8 Å². The number of anilines is 1. The summed E-state index contributed by atoms with van der Waals surface area (Å²) in [6.45, 7) is 0. The van der Waals surface area contributed by atoms with Crippen LogP contribution in [0.1, 0.15) is 21.5 Å². The molecule has 0 heterocycles. The number of hydrogen-bond donors (Lipinski definition) is 2. The molecule has 0 aromatic heterocycles. The predicted octanol–water partition coefficient (Wildman–Crippen LogP) is 4.02. The fraction of sp³-hybridized carbons (Fsp3) is 0.0833. The molecule has 8 nitrogen and oxygen atoms in total. The molecule has 0 aliphatic carbocycles. The van der Waals surface area contributed by atoms with E-state index in [2.05, 4.69) is 10.4 Å². The zero-order valence-corrected chi connectivity index (χ0v) is 18.1. The van der Waals surface area contributed by atoms with Crippen molar-refractivity contribution in [3.8, 4) is 11.5 Å². The van der Waals surface area contributed by atoms with Gasteiger partial charge in [0.25, 0.3) is 0 Å². The van der Waals surface area contributed by atoms with Crippen molar-refractivity contribution >= 4 is 29.7 Å². The highest BCUT2D eigenvalue weighted by atomic mass is 19.4. The van der Waals surface area contributed by atoms with Crippen LogP contribution in [0, 0.1) is 0 Å². The van der Waals surface area contributed by atoms with Crippen LogP contribution in [0.3, 0.4) is 0 Å². The number of esters is 1. The summed E-state index contributed by atoms with van der Waals surface area (Å²) in [4.78, 5) is 36.4.